The molecule has 0 aromatic heterocycles. The van der Waals surface area contributed by atoms with Gasteiger partial charge in [0.2, 0.25) is 0 Å². The topological polar surface area (TPSA) is 6.48 Å². The molecule has 0 aromatic rings. The summed E-state index contributed by atoms with van der Waals surface area (Å²) in [6, 6.07) is -0.0216. The number of halogens is 4. The Kier molecular flexibility index (Phi) is 3.59. The fourth-order valence-electron chi connectivity index (χ4n) is 1.51. The van der Waals surface area contributed by atoms with Crippen molar-refractivity contribution in [1.29, 1.82) is 0 Å². The zero-order valence-electron chi connectivity index (χ0n) is 7.31. The molecule has 78 valence electrons. The first-order valence-electron chi connectivity index (χ1n) is 3.97. The molecule has 0 amide bonds. The summed E-state index contributed by atoms with van der Waals surface area (Å²) >= 11 is 3.22. The Morgan fingerprint density at radius 1 is 1.46 bits per heavy atom. The molecule has 1 rings (SSSR count). The summed E-state index contributed by atoms with van der Waals surface area (Å²) in [6.07, 6.45) is -4.09. The summed E-state index contributed by atoms with van der Waals surface area (Å²) in [5.74, 6) is 0. The first-order valence-corrected chi connectivity index (χ1v) is 5.10. The van der Waals surface area contributed by atoms with E-state index < -0.39 is 12.7 Å². The number of hydrogen-bond donors (Lipinski definition) is 0. The van der Waals surface area contributed by atoms with Crippen molar-refractivity contribution < 1.29 is 13.2 Å². The minimum atomic E-state index is -4.09. The van der Waals surface area contributed by atoms with Gasteiger partial charge >= 0.3 is 6.18 Å². The summed E-state index contributed by atoms with van der Waals surface area (Å²) in [4.78, 5) is 3.33. The van der Waals surface area contributed by atoms with Gasteiger partial charge in [-0.15, -0.1) is 0 Å². The summed E-state index contributed by atoms with van der Waals surface area (Å²) in [5.41, 5.74) is 0. The lowest BCUT2D eigenvalue weighted by Gasteiger charge is -2.22. The van der Waals surface area contributed by atoms with Gasteiger partial charge in [0.15, 0.2) is 0 Å². The summed E-state index contributed by atoms with van der Waals surface area (Å²) in [7, 11) is 1.83. The SMILES string of the molecule is CN1CC(CBr)N(CC(F)(F)F)C1. The van der Waals surface area contributed by atoms with Crippen molar-refractivity contribution in [3.8, 4) is 0 Å². The maximum absolute atomic E-state index is 12.1. The molecule has 1 unspecified atom stereocenters. The lowest BCUT2D eigenvalue weighted by atomic mass is 10.3. The molecule has 1 aliphatic heterocycles. The molecule has 1 saturated heterocycles. The highest BCUT2D eigenvalue weighted by Gasteiger charge is 2.37. The van der Waals surface area contributed by atoms with E-state index in [1.54, 1.807) is 0 Å². The van der Waals surface area contributed by atoms with E-state index in [1.165, 1.54) is 4.90 Å². The third-order valence-corrected chi connectivity index (χ3v) is 2.77. The largest absolute Gasteiger partial charge is 0.401 e. The van der Waals surface area contributed by atoms with Gasteiger partial charge in [0.25, 0.3) is 0 Å². The highest BCUT2D eigenvalue weighted by Crippen LogP contribution is 2.21. The second-order valence-electron chi connectivity index (χ2n) is 3.35. The molecule has 2 nitrogen and oxygen atoms in total. The van der Waals surface area contributed by atoms with Gasteiger partial charge < -0.3 is 0 Å². The second kappa shape index (κ2) is 4.14. The van der Waals surface area contributed by atoms with Gasteiger partial charge in [0.05, 0.1) is 13.2 Å². The predicted octanol–water partition coefficient (Wildman–Crippen LogP) is 1.52. The van der Waals surface area contributed by atoms with Gasteiger partial charge in [-0.1, -0.05) is 15.9 Å². The number of likely N-dealkylation sites (N-methyl/N-ethyl adjacent to an activating group) is 1. The van der Waals surface area contributed by atoms with E-state index in [0.717, 1.165) is 0 Å². The number of rotatable bonds is 2. The van der Waals surface area contributed by atoms with Crippen molar-refractivity contribution in [3.05, 3.63) is 0 Å². The van der Waals surface area contributed by atoms with E-state index in [-0.39, 0.29) is 6.04 Å². The average molecular weight is 261 g/mol. The minimum absolute atomic E-state index is 0.0216. The molecule has 0 spiro atoms. The van der Waals surface area contributed by atoms with Crippen LogP contribution in [0.3, 0.4) is 0 Å². The normalized spacial score (nSPS) is 27.0. The Balaban J connectivity index is 2.49. The van der Waals surface area contributed by atoms with Gasteiger partial charge in [0.1, 0.15) is 0 Å². The molecule has 1 fully saturated rings. The quantitative estimate of drug-likeness (QED) is 0.695. The van der Waals surface area contributed by atoms with Gasteiger partial charge in [-0.25, -0.2) is 0 Å². The fraction of sp³-hybridized carbons (Fsp3) is 1.00. The molecule has 13 heavy (non-hydrogen) atoms. The van der Waals surface area contributed by atoms with Crippen LogP contribution in [0.25, 0.3) is 0 Å². The van der Waals surface area contributed by atoms with Crippen molar-refractivity contribution in [1.82, 2.24) is 9.80 Å². The number of alkyl halides is 4. The molecular formula is C7H12BrF3N2. The van der Waals surface area contributed by atoms with Crippen LogP contribution in [0.4, 0.5) is 13.2 Å². The molecule has 6 heteroatoms. The zero-order valence-corrected chi connectivity index (χ0v) is 8.90. The Bertz CT molecular complexity index is 174. The van der Waals surface area contributed by atoms with Gasteiger partial charge in [-0.2, -0.15) is 13.2 Å². The van der Waals surface area contributed by atoms with Crippen molar-refractivity contribution in [2.24, 2.45) is 0 Å². The van der Waals surface area contributed by atoms with Gasteiger partial charge in [-0.3, -0.25) is 9.80 Å². The third kappa shape index (κ3) is 3.44. The van der Waals surface area contributed by atoms with Crippen LogP contribution in [-0.4, -0.2) is 54.2 Å². The molecule has 1 atom stereocenters. The van der Waals surface area contributed by atoms with Crippen molar-refractivity contribution in [3.63, 3.8) is 0 Å². The van der Waals surface area contributed by atoms with Gasteiger partial charge in [0, 0.05) is 17.9 Å². The highest BCUT2D eigenvalue weighted by molar-refractivity contribution is 9.09. The first-order chi connectivity index (χ1) is 5.92. The van der Waals surface area contributed by atoms with E-state index in [1.807, 2.05) is 11.9 Å². The van der Waals surface area contributed by atoms with Crippen LogP contribution in [0.15, 0.2) is 0 Å². The lowest BCUT2D eigenvalue weighted by molar-refractivity contribution is -0.147. The molecule has 1 aliphatic rings. The zero-order chi connectivity index (χ0) is 10.1. The Morgan fingerprint density at radius 3 is 2.54 bits per heavy atom. The monoisotopic (exact) mass is 260 g/mol. The molecule has 0 aromatic carbocycles. The van der Waals surface area contributed by atoms with E-state index in [0.29, 0.717) is 18.5 Å². The van der Waals surface area contributed by atoms with E-state index >= 15 is 0 Å². The predicted molar refractivity (Wildman–Crippen MR) is 47.8 cm³/mol. The van der Waals surface area contributed by atoms with Gasteiger partial charge in [-0.05, 0) is 7.05 Å². The van der Waals surface area contributed by atoms with Crippen LogP contribution in [0.5, 0.6) is 0 Å². The highest BCUT2D eigenvalue weighted by atomic mass is 79.9. The molecule has 0 N–H and O–H groups in total. The average Bonchev–Trinajstić information content (AvgIpc) is 2.27. The fourth-order valence-corrected chi connectivity index (χ4v) is 2.13. The molecule has 1 heterocycles. The van der Waals surface area contributed by atoms with Crippen LogP contribution in [0.2, 0.25) is 0 Å². The maximum Gasteiger partial charge on any atom is 0.401 e. The van der Waals surface area contributed by atoms with Crippen molar-refractivity contribution in [2.75, 3.05) is 32.1 Å². The maximum atomic E-state index is 12.1. The Hall–Kier alpha value is 0.190. The van der Waals surface area contributed by atoms with E-state index in [9.17, 15) is 13.2 Å². The van der Waals surface area contributed by atoms with Crippen LogP contribution in [0.1, 0.15) is 0 Å². The Morgan fingerprint density at radius 2 is 2.08 bits per heavy atom. The lowest BCUT2D eigenvalue weighted by Crippen LogP contribution is -2.39. The van der Waals surface area contributed by atoms with E-state index in [4.69, 9.17) is 0 Å². The van der Waals surface area contributed by atoms with Crippen LogP contribution < -0.4 is 0 Å². The molecule has 0 saturated carbocycles. The number of nitrogens with zero attached hydrogens (tertiary/aromatic N) is 2. The minimum Gasteiger partial charge on any atom is -0.292 e. The Labute approximate surface area is 83.8 Å². The van der Waals surface area contributed by atoms with Crippen LogP contribution in [-0.2, 0) is 0 Å². The molecule has 0 bridgehead atoms. The molecular weight excluding hydrogens is 249 g/mol. The standard InChI is InChI=1S/C7H12BrF3N2/c1-12-3-6(2-8)13(5-12)4-7(9,10)11/h6H,2-5H2,1H3. The second-order valence-corrected chi connectivity index (χ2v) is 4.00. The first kappa shape index (κ1) is 11.3. The summed E-state index contributed by atoms with van der Waals surface area (Å²) in [6.45, 7) is 0.282. The van der Waals surface area contributed by atoms with E-state index in [2.05, 4.69) is 15.9 Å². The molecule has 0 radical (unpaired) electrons. The summed E-state index contributed by atoms with van der Waals surface area (Å²) < 4.78 is 36.2. The molecule has 0 aliphatic carbocycles. The third-order valence-electron chi connectivity index (χ3n) is 2.02. The smallest absolute Gasteiger partial charge is 0.292 e. The van der Waals surface area contributed by atoms with Crippen molar-refractivity contribution in [2.45, 2.75) is 12.2 Å². The number of hydrogen-bond acceptors (Lipinski definition) is 2. The van der Waals surface area contributed by atoms with Crippen molar-refractivity contribution >= 4 is 15.9 Å². The summed E-state index contributed by atoms with van der Waals surface area (Å²) in [5, 5.41) is 0.591. The van der Waals surface area contributed by atoms with Crippen LogP contribution >= 0.6 is 15.9 Å². The van der Waals surface area contributed by atoms with Crippen LogP contribution in [0, 0.1) is 0 Å².